The molecular weight excluding hydrogens is 506 g/mol. The minimum absolute atomic E-state index is 0.0457. The van der Waals surface area contributed by atoms with Crippen molar-refractivity contribution >= 4 is 45.4 Å². The van der Waals surface area contributed by atoms with E-state index in [9.17, 15) is 19.5 Å². The number of rotatable bonds is 9. The molecular formula is C24H32BrN3O4S. The summed E-state index contributed by atoms with van der Waals surface area (Å²) in [5, 5.41) is 15.2. The number of nitrogens with zero attached hydrogens (tertiary/aromatic N) is 1. The maximum Gasteiger partial charge on any atom is 0.244 e. The third-order valence-corrected chi connectivity index (χ3v) is 10.1. The number of aliphatic hydroxyl groups excluding tert-OH is 1. The van der Waals surface area contributed by atoms with Crippen LogP contribution in [-0.2, 0) is 20.9 Å². The number of alkyl halides is 1. The fraction of sp³-hybridized carbons (Fsp3) is 0.625. The number of halogens is 1. The number of hydrogen-bond donors (Lipinski definition) is 3. The van der Waals surface area contributed by atoms with Crippen LogP contribution in [0.5, 0.6) is 0 Å². The molecule has 2 bridgehead atoms. The molecule has 1 aromatic carbocycles. The summed E-state index contributed by atoms with van der Waals surface area (Å²) in [6.45, 7) is 4.68. The van der Waals surface area contributed by atoms with Crippen LogP contribution in [0.3, 0.4) is 0 Å². The molecule has 0 aromatic heterocycles. The van der Waals surface area contributed by atoms with Gasteiger partial charge < -0.3 is 20.6 Å². The van der Waals surface area contributed by atoms with Gasteiger partial charge in [0.05, 0.1) is 16.6 Å². The number of nitrogens with one attached hydrogen (secondary N) is 2. The van der Waals surface area contributed by atoms with E-state index in [4.69, 9.17) is 0 Å². The van der Waals surface area contributed by atoms with Gasteiger partial charge in [-0.3, -0.25) is 14.4 Å². The van der Waals surface area contributed by atoms with E-state index >= 15 is 0 Å². The number of carbonyl (C=O) groups excluding carboxylic acids is 3. The van der Waals surface area contributed by atoms with Gasteiger partial charge in [-0.15, -0.1) is 11.8 Å². The van der Waals surface area contributed by atoms with Gasteiger partial charge in [0.25, 0.3) is 0 Å². The van der Waals surface area contributed by atoms with Gasteiger partial charge in [-0.25, -0.2) is 0 Å². The van der Waals surface area contributed by atoms with Crippen LogP contribution in [0.2, 0.25) is 0 Å². The second-order valence-corrected chi connectivity index (χ2v) is 12.2. The smallest absolute Gasteiger partial charge is 0.244 e. The average Bonchev–Trinajstić information content (AvgIpc) is 3.36. The lowest BCUT2D eigenvalue weighted by Crippen LogP contribution is -2.55. The minimum Gasteiger partial charge on any atom is -0.396 e. The third-order valence-electron chi connectivity index (χ3n) is 6.89. The van der Waals surface area contributed by atoms with Gasteiger partial charge in [0.2, 0.25) is 17.7 Å². The van der Waals surface area contributed by atoms with Crippen molar-refractivity contribution in [1.82, 2.24) is 15.5 Å². The highest BCUT2D eigenvalue weighted by atomic mass is 79.9. The molecule has 180 valence electrons. The number of amides is 3. The van der Waals surface area contributed by atoms with E-state index in [1.165, 1.54) is 0 Å². The van der Waals surface area contributed by atoms with Crippen molar-refractivity contribution in [3.05, 3.63) is 35.9 Å². The van der Waals surface area contributed by atoms with Crippen LogP contribution in [0.15, 0.2) is 30.3 Å². The summed E-state index contributed by atoms with van der Waals surface area (Å²) in [5.41, 5.74) is 1.00. The van der Waals surface area contributed by atoms with Crippen LogP contribution in [-0.4, -0.2) is 67.8 Å². The SMILES string of the molecule is CC(C)NC(=O)C1N(CCCCO)C(=O)[C@@H]2[C@@H](C(=O)NCc3ccccc3)[C@@H]3SC12CC3Br. The van der Waals surface area contributed by atoms with Gasteiger partial charge in [-0.2, -0.15) is 0 Å². The maximum atomic E-state index is 13.7. The average molecular weight is 539 g/mol. The molecule has 0 radical (unpaired) electrons. The molecule has 3 aliphatic rings. The fourth-order valence-corrected chi connectivity index (χ4v) is 9.24. The predicted octanol–water partition coefficient (Wildman–Crippen LogP) is 2.06. The predicted molar refractivity (Wildman–Crippen MR) is 132 cm³/mol. The molecule has 1 aromatic rings. The Morgan fingerprint density at radius 2 is 1.97 bits per heavy atom. The Balaban J connectivity index is 1.61. The van der Waals surface area contributed by atoms with E-state index < -0.39 is 22.6 Å². The summed E-state index contributed by atoms with van der Waals surface area (Å²) >= 11 is 5.41. The quantitative estimate of drug-likeness (QED) is 0.331. The second-order valence-electron chi connectivity index (χ2n) is 9.49. The first kappa shape index (κ1) is 24.5. The lowest BCUT2D eigenvalue weighted by atomic mass is 9.70. The molecule has 3 aliphatic heterocycles. The monoisotopic (exact) mass is 537 g/mol. The lowest BCUT2D eigenvalue weighted by Gasteiger charge is -2.35. The molecule has 6 atom stereocenters. The normalized spacial score (nSPS) is 32.3. The van der Waals surface area contributed by atoms with E-state index in [1.807, 2.05) is 44.2 Å². The molecule has 0 saturated carbocycles. The van der Waals surface area contributed by atoms with Crippen molar-refractivity contribution in [1.29, 1.82) is 0 Å². The van der Waals surface area contributed by atoms with Crippen molar-refractivity contribution in [3.63, 3.8) is 0 Å². The molecule has 0 aliphatic carbocycles. The lowest BCUT2D eigenvalue weighted by molar-refractivity contribution is -0.140. The van der Waals surface area contributed by atoms with E-state index in [1.54, 1.807) is 16.7 Å². The topological polar surface area (TPSA) is 98.7 Å². The zero-order valence-electron chi connectivity index (χ0n) is 19.0. The number of thioether (sulfide) groups is 1. The largest absolute Gasteiger partial charge is 0.396 e. The van der Waals surface area contributed by atoms with E-state index in [2.05, 4.69) is 26.6 Å². The third kappa shape index (κ3) is 4.44. The molecule has 3 saturated heterocycles. The van der Waals surface area contributed by atoms with Gasteiger partial charge in [-0.05, 0) is 38.7 Å². The minimum atomic E-state index is -0.622. The first-order chi connectivity index (χ1) is 15.8. The highest BCUT2D eigenvalue weighted by molar-refractivity contribution is 9.09. The van der Waals surface area contributed by atoms with Gasteiger partial charge in [0.15, 0.2) is 0 Å². The molecule has 33 heavy (non-hydrogen) atoms. The Morgan fingerprint density at radius 1 is 1.24 bits per heavy atom. The number of carbonyl (C=O) groups is 3. The summed E-state index contributed by atoms with van der Waals surface area (Å²) in [6.07, 6.45) is 1.86. The Morgan fingerprint density at radius 3 is 2.64 bits per heavy atom. The van der Waals surface area contributed by atoms with Crippen LogP contribution in [0, 0.1) is 11.8 Å². The molecule has 4 rings (SSSR count). The number of benzene rings is 1. The van der Waals surface area contributed by atoms with Crippen molar-refractivity contribution in [2.75, 3.05) is 13.2 Å². The van der Waals surface area contributed by atoms with Gasteiger partial charge in [-0.1, -0.05) is 46.3 Å². The van der Waals surface area contributed by atoms with Crippen molar-refractivity contribution in [2.24, 2.45) is 11.8 Å². The number of likely N-dealkylation sites (tertiary alicyclic amines) is 1. The van der Waals surface area contributed by atoms with E-state index in [0.29, 0.717) is 32.4 Å². The number of aliphatic hydroxyl groups is 1. The molecule has 3 fully saturated rings. The fourth-order valence-electron chi connectivity index (χ4n) is 5.63. The molecule has 7 nitrogen and oxygen atoms in total. The van der Waals surface area contributed by atoms with Gasteiger partial charge in [0, 0.05) is 35.8 Å². The van der Waals surface area contributed by atoms with Crippen LogP contribution >= 0.6 is 27.7 Å². The Hall–Kier alpha value is -1.58. The maximum absolute atomic E-state index is 13.7. The van der Waals surface area contributed by atoms with Crippen LogP contribution in [0.4, 0.5) is 0 Å². The molecule has 3 heterocycles. The summed E-state index contributed by atoms with van der Waals surface area (Å²) in [7, 11) is 0. The van der Waals surface area contributed by atoms with E-state index in [0.717, 1.165) is 5.56 Å². The van der Waals surface area contributed by atoms with Gasteiger partial charge in [0.1, 0.15) is 6.04 Å². The van der Waals surface area contributed by atoms with Gasteiger partial charge >= 0.3 is 0 Å². The highest BCUT2D eigenvalue weighted by Crippen LogP contribution is 2.67. The molecule has 3 unspecified atom stereocenters. The molecule has 3 N–H and O–H groups in total. The number of fused-ring (bicyclic) bond motifs is 1. The van der Waals surface area contributed by atoms with Crippen molar-refractivity contribution in [3.8, 4) is 0 Å². The summed E-state index contributed by atoms with van der Waals surface area (Å²) in [6, 6.07) is 9.05. The Kier molecular flexibility index (Phi) is 7.41. The molecule has 9 heteroatoms. The zero-order valence-corrected chi connectivity index (χ0v) is 21.4. The van der Waals surface area contributed by atoms with Crippen LogP contribution < -0.4 is 10.6 Å². The molecule has 3 amide bonds. The summed E-state index contributed by atoms with van der Waals surface area (Å²) in [5.74, 6) is -1.38. The molecule has 1 spiro atoms. The summed E-state index contributed by atoms with van der Waals surface area (Å²) < 4.78 is -0.622. The summed E-state index contributed by atoms with van der Waals surface area (Å²) in [4.78, 5) is 42.3. The first-order valence-corrected chi connectivity index (χ1v) is 13.4. The Labute approximate surface area is 207 Å². The van der Waals surface area contributed by atoms with Crippen LogP contribution in [0.1, 0.15) is 38.7 Å². The van der Waals surface area contributed by atoms with Crippen molar-refractivity contribution in [2.45, 2.75) is 66.6 Å². The number of unbranched alkanes of at least 4 members (excludes halogenated alkanes) is 1. The van der Waals surface area contributed by atoms with E-state index in [-0.39, 0.29) is 40.4 Å². The first-order valence-electron chi connectivity index (χ1n) is 11.7. The Bertz CT molecular complexity index is 901. The zero-order chi connectivity index (χ0) is 23.8. The standard InChI is InChI=1S/C24H32BrN3O4S/c1-14(2)27-22(31)20-24-12-16(25)19(33-24)17(18(24)23(32)28(20)10-6-7-11-29)21(30)26-13-15-8-4-3-5-9-15/h3-5,8-9,14,16-20,29H,6-7,10-13H2,1-2H3,(H,26,30)(H,27,31)/t16?,17-,18+,19-,20?,24?/m1/s1. The second kappa shape index (κ2) is 9.96. The van der Waals surface area contributed by atoms with Crippen LogP contribution in [0.25, 0.3) is 0 Å². The number of hydrogen-bond acceptors (Lipinski definition) is 5. The highest BCUT2D eigenvalue weighted by Gasteiger charge is 2.75. The van der Waals surface area contributed by atoms with Crippen molar-refractivity contribution < 1.29 is 19.5 Å².